The molecule has 0 aliphatic heterocycles. The first-order valence-corrected chi connectivity index (χ1v) is 9.28. The van der Waals surface area contributed by atoms with E-state index in [1.165, 1.54) is 6.42 Å². The fourth-order valence-corrected chi connectivity index (χ4v) is 3.56. The molecule has 2 aromatic rings. The zero-order valence-electron chi connectivity index (χ0n) is 15.4. The van der Waals surface area contributed by atoms with Gasteiger partial charge in [0.2, 0.25) is 0 Å². The van der Waals surface area contributed by atoms with Gasteiger partial charge in [-0.15, -0.1) is 0 Å². The summed E-state index contributed by atoms with van der Waals surface area (Å²) < 4.78 is 5.49. The number of urea groups is 1. The number of aldehydes is 1. The van der Waals surface area contributed by atoms with Crippen molar-refractivity contribution < 1.29 is 19.1 Å². The van der Waals surface area contributed by atoms with Crippen LogP contribution in [0.1, 0.15) is 43.0 Å². The summed E-state index contributed by atoms with van der Waals surface area (Å²) in [6.07, 6.45) is 4.99. The molecule has 2 atom stereocenters. The van der Waals surface area contributed by atoms with Crippen LogP contribution < -0.4 is 15.4 Å². The summed E-state index contributed by atoms with van der Waals surface area (Å²) >= 11 is 0. The van der Waals surface area contributed by atoms with Crippen LogP contribution in [0, 0.1) is 5.92 Å². The minimum absolute atomic E-state index is 0.0922. The van der Waals surface area contributed by atoms with Crippen molar-refractivity contribution in [2.24, 2.45) is 5.92 Å². The van der Waals surface area contributed by atoms with Gasteiger partial charge in [-0.1, -0.05) is 50.1 Å². The van der Waals surface area contributed by atoms with Gasteiger partial charge in [0.1, 0.15) is 5.75 Å². The highest BCUT2D eigenvalue weighted by molar-refractivity contribution is 6.01. The van der Waals surface area contributed by atoms with Gasteiger partial charge in [0.05, 0.1) is 5.56 Å². The van der Waals surface area contributed by atoms with Gasteiger partial charge in [-0.3, -0.25) is 14.9 Å². The summed E-state index contributed by atoms with van der Waals surface area (Å²) in [7, 11) is 0. The summed E-state index contributed by atoms with van der Waals surface area (Å²) in [5.41, 5.74) is 0.390. The number of hydrogen-bond acceptors (Lipinski definition) is 4. The van der Waals surface area contributed by atoms with Gasteiger partial charge in [-0.25, -0.2) is 4.79 Å². The zero-order chi connectivity index (χ0) is 19.2. The lowest BCUT2D eigenvalue weighted by molar-refractivity contribution is -0.122. The number of benzene rings is 2. The molecule has 6 heteroatoms. The second kappa shape index (κ2) is 8.66. The molecule has 0 spiro atoms. The Morgan fingerprint density at radius 1 is 1.15 bits per heavy atom. The van der Waals surface area contributed by atoms with Crippen LogP contribution in [0.4, 0.5) is 4.79 Å². The molecule has 3 amide bonds. The molecule has 0 saturated heterocycles. The number of ether oxygens (including phenoxy) is 1. The predicted octanol–water partition coefficient (Wildman–Crippen LogP) is 3.44. The molecule has 0 aromatic heterocycles. The minimum Gasteiger partial charge on any atom is -0.483 e. The van der Waals surface area contributed by atoms with Crippen LogP contribution in [-0.2, 0) is 4.79 Å². The average molecular weight is 368 g/mol. The molecule has 1 aliphatic rings. The molecular weight excluding hydrogens is 344 g/mol. The summed E-state index contributed by atoms with van der Waals surface area (Å²) in [5.74, 6) is 0.171. The third-order valence-electron chi connectivity index (χ3n) is 5.09. The molecule has 1 aliphatic carbocycles. The molecule has 142 valence electrons. The highest BCUT2D eigenvalue weighted by Gasteiger charge is 2.23. The van der Waals surface area contributed by atoms with E-state index in [4.69, 9.17) is 4.74 Å². The second-order valence-corrected chi connectivity index (χ2v) is 6.99. The second-order valence-electron chi connectivity index (χ2n) is 6.99. The lowest BCUT2D eigenvalue weighted by atomic mass is 9.86. The number of amides is 3. The summed E-state index contributed by atoms with van der Waals surface area (Å²) in [6.45, 7) is 1.77. The number of rotatable bonds is 5. The molecule has 6 nitrogen and oxygen atoms in total. The first-order chi connectivity index (χ1) is 13.1. The third-order valence-corrected chi connectivity index (χ3v) is 5.09. The maximum Gasteiger partial charge on any atom is 0.321 e. The maximum absolute atomic E-state index is 12.0. The van der Waals surface area contributed by atoms with Gasteiger partial charge in [-0.05, 0) is 35.6 Å². The number of fused-ring (bicyclic) bond motifs is 1. The molecule has 1 fully saturated rings. The highest BCUT2D eigenvalue weighted by atomic mass is 16.5. The van der Waals surface area contributed by atoms with Crippen molar-refractivity contribution in [2.45, 2.75) is 38.6 Å². The van der Waals surface area contributed by atoms with Gasteiger partial charge >= 0.3 is 6.03 Å². The number of imide groups is 1. The van der Waals surface area contributed by atoms with Crippen molar-refractivity contribution in [3.05, 3.63) is 42.0 Å². The Kier molecular flexibility index (Phi) is 6.06. The molecule has 3 rings (SSSR count). The van der Waals surface area contributed by atoms with Gasteiger partial charge < -0.3 is 10.1 Å². The van der Waals surface area contributed by atoms with Crippen LogP contribution in [0.2, 0.25) is 0 Å². The first kappa shape index (κ1) is 18.9. The molecule has 2 aromatic carbocycles. The Labute approximate surface area is 158 Å². The molecule has 1 saturated carbocycles. The number of hydrogen-bond donors (Lipinski definition) is 2. The van der Waals surface area contributed by atoms with E-state index in [1.54, 1.807) is 6.07 Å². The monoisotopic (exact) mass is 368 g/mol. The Hall–Kier alpha value is -2.89. The van der Waals surface area contributed by atoms with E-state index in [0.717, 1.165) is 30.0 Å². The van der Waals surface area contributed by atoms with E-state index in [2.05, 4.69) is 17.6 Å². The van der Waals surface area contributed by atoms with Crippen LogP contribution in [0.25, 0.3) is 10.8 Å². The van der Waals surface area contributed by atoms with Crippen molar-refractivity contribution in [3.8, 4) is 5.75 Å². The molecule has 0 heterocycles. The molecule has 0 bridgehead atoms. The van der Waals surface area contributed by atoms with E-state index >= 15 is 0 Å². The zero-order valence-corrected chi connectivity index (χ0v) is 15.4. The Bertz CT molecular complexity index is 849. The normalized spacial score (nSPS) is 19.3. The van der Waals surface area contributed by atoms with Crippen LogP contribution in [-0.4, -0.2) is 30.9 Å². The average Bonchev–Trinajstić information content (AvgIpc) is 2.67. The van der Waals surface area contributed by atoms with E-state index < -0.39 is 11.9 Å². The summed E-state index contributed by atoms with van der Waals surface area (Å²) in [6, 6.07) is 10.5. The Morgan fingerprint density at radius 3 is 2.70 bits per heavy atom. The largest absolute Gasteiger partial charge is 0.483 e. The van der Waals surface area contributed by atoms with Crippen LogP contribution in [0.5, 0.6) is 5.75 Å². The first-order valence-electron chi connectivity index (χ1n) is 9.28. The lowest BCUT2D eigenvalue weighted by Gasteiger charge is -2.29. The van der Waals surface area contributed by atoms with Crippen molar-refractivity contribution >= 4 is 29.0 Å². The minimum atomic E-state index is -0.555. The smallest absolute Gasteiger partial charge is 0.321 e. The molecule has 0 radical (unpaired) electrons. The van der Waals surface area contributed by atoms with Crippen molar-refractivity contribution in [2.75, 3.05) is 6.61 Å². The molecule has 27 heavy (non-hydrogen) atoms. The number of carbonyl (C=O) groups is 3. The van der Waals surface area contributed by atoms with Crippen molar-refractivity contribution in [3.63, 3.8) is 0 Å². The number of carbonyl (C=O) groups excluding carboxylic acids is 3. The fourth-order valence-electron chi connectivity index (χ4n) is 3.56. The van der Waals surface area contributed by atoms with Crippen LogP contribution in [0.15, 0.2) is 36.4 Å². The Morgan fingerprint density at radius 2 is 1.93 bits per heavy atom. The van der Waals surface area contributed by atoms with E-state index in [0.29, 0.717) is 23.5 Å². The van der Waals surface area contributed by atoms with Gasteiger partial charge in [-0.2, -0.15) is 0 Å². The van der Waals surface area contributed by atoms with Crippen LogP contribution in [0.3, 0.4) is 0 Å². The SMILES string of the molecule is C[C@@H]1CCCC[C@H]1NC(=O)NC(=O)COc1ccc2ccccc2c1C=O. The van der Waals surface area contributed by atoms with E-state index in [-0.39, 0.29) is 12.6 Å². The maximum atomic E-state index is 12.0. The van der Waals surface area contributed by atoms with Crippen LogP contribution >= 0.6 is 0 Å². The number of nitrogens with one attached hydrogen (secondary N) is 2. The van der Waals surface area contributed by atoms with Gasteiger partial charge in [0.15, 0.2) is 12.9 Å². The predicted molar refractivity (Wildman–Crippen MR) is 103 cm³/mol. The van der Waals surface area contributed by atoms with Crippen molar-refractivity contribution in [1.29, 1.82) is 0 Å². The highest BCUT2D eigenvalue weighted by Crippen LogP contribution is 2.26. The molecular formula is C21H24N2O4. The lowest BCUT2D eigenvalue weighted by Crippen LogP contribution is -2.48. The van der Waals surface area contributed by atoms with E-state index in [9.17, 15) is 14.4 Å². The van der Waals surface area contributed by atoms with E-state index in [1.807, 2.05) is 30.3 Å². The summed E-state index contributed by atoms with van der Waals surface area (Å²) in [5, 5.41) is 6.83. The topological polar surface area (TPSA) is 84.5 Å². The van der Waals surface area contributed by atoms with Gasteiger partial charge in [0.25, 0.3) is 5.91 Å². The molecule has 2 N–H and O–H groups in total. The van der Waals surface area contributed by atoms with Gasteiger partial charge in [0, 0.05) is 6.04 Å². The quantitative estimate of drug-likeness (QED) is 0.792. The van der Waals surface area contributed by atoms with Crippen molar-refractivity contribution in [1.82, 2.24) is 10.6 Å². The summed E-state index contributed by atoms with van der Waals surface area (Å²) in [4.78, 5) is 35.5. The third kappa shape index (κ3) is 4.64. The standard InChI is InChI=1S/C21H24N2O4/c1-14-6-2-5-9-18(14)22-21(26)23-20(25)13-27-19-11-10-15-7-3-4-8-16(15)17(19)12-24/h3-4,7-8,10-12,14,18H,2,5-6,9,13H2,1H3,(H2,22,23,25,26)/t14-,18-/m1/s1. The molecule has 0 unspecified atom stereocenters. The Balaban J connectivity index is 1.56. The fraction of sp³-hybridized carbons (Fsp3) is 0.381.